The van der Waals surface area contributed by atoms with E-state index in [4.69, 9.17) is 0 Å². The molecule has 3 rings (SSSR count). The molecule has 9 heteroatoms. The van der Waals surface area contributed by atoms with Crippen molar-refractivity contribution in [3.05, 3.63) is 108 Å². The third kappa shape index (κ3) is 11.8. The fourth-order valence-electron chi connectivity index (χ4n) is 3.79. The van der Waals surface area contributed by atoms with E-state index in [2.05, 4.69) is 10.6 Å². The quantitative estimate of drug-likeness (QED) is 0.146. The maximum atomic E-state index is 13.0. The summed E-state index contributed by atoms with van der Waals surface area (Å²) in [4.78, 5) is 39.0. The minimum Gasteiger partial charge on any atom is -0.508 e. The number of hydrogen-bond donors (Lipinski definition) is 5. The molecule has 9 nitrogen and oxygen atoms in total. The Morgan fingerprint density at radius 2 is 0.881 bits per heavy atom. The molecule has 0 saturated heterocycles. The van der Waals surface area contributed by atoms with Crippen LogP contribution < -0.4 is 10.6 Å². The van der Waals surface area contributed by atoms with Crippen molar-refractivity contribution in [2.45, 2.75) is 12.8 Å². The summed E-state index contributed by atoms with van der Waals surface area (Å²) in [5.41, 5.74) is 2.33. The van der Waals surface area contributed by atoms with Crippen molar-refractivity contribution >= 4 is 35.9 Å². The summed E-state index contributed by atoms with van der Waals surface area (Å²) in [6.45, 7) is 1.52. The molecule has 0 spiro atoms. The van der Waals surface area contributed by atoms with Crippen molar-refractivity contribution in [3.8, 4) is 17.2 Å². The lowest BCUT2D eigenvalue weighted by atomic mass is 10.2. The third-order valence-corrected chi connectivity index (χ3v) is 6.07. The van der Waals surface area contributed by atoms with Gasteiger partial charge in [-0.3, -0.25) is 14.4 Å². The maximum absolute atomic E-state index is 13.0. The van der Waals surface area contributed by atoms with Gasteiger partial charge < -0.3 is 30.9 Å². The lowest BCUT2D eigenvalue weighted by molar-refractivity contribution is -0.126. The lowest BCUT2D eigenvalue weighted by Crippen LogP contribution is -2.35. The van der Waals surface area contributed by atoms with Crippen LogP contribution in [0.1, 0.15) is 29.5 Å². The fraction of sp³-hybridized carbons (Fsp3) is 0.182. The van der Waals surface area contributed by atoms with E-state index in [0.29, 0.717) is 39.0 Å². The van der Waals surface area contributed by atoms with Crippen molar-refractivity contribution in [1.29, 1.82) is 0 Å². The molecule has 0 heterocycles. The van der Waals surface area contributed by atoms with E-state index in [9.17, 15) is 29.7 Å². The van der Waals surface area contributed by atoms with Crippen LogP contribution in [0.4, 0.5) is 0 Å². The Bertz CT molecular complexity index is 1320. The van der Waals surface area contributed by atoms with Gasteiger partial charge in [-0.2, -0.15) is 0 Å². The van der Waals surface area contributed by atoms with Crippen molar-refractivity contribution in [2.24, 2.45) is 0 Å². The van der Waals surface area contributed by atoms with Gasteiger partial charge in [-0.15, -0.1) is 0 Å². The molecule has 0 aliphatic heterocycles. The minimum absolute atomic E-state index is 0.139. The average molecular weight is 570 g/mol. The Hall–Kier alpha value is -5.31. The van der Waals surface area contributed by atoms with Gasteiger partial charge in [0.05, 0.1) is 0 Å². The van der Waals surface area contributed by atoms with E-state index in [0.717, 1.165) is 16.7 Å². The first kappa shape index (κ1) is 31.2. The second-order valence-electron chi connectivity index (χ2n) is 9.39. The predicted molar refractivity (Wildman–Crippen MR) is 163 cm³/mol. The van der Waals surface area contributed by atoms with Crippen LogP contribution in [0.25, 0.3) is 18.2 Å². The first-order valence-electron chi connectivity index (χ1n) is 13.5. The third-order valence-electron chi connectivity index (χ3n) is 6.07. The van der Waals surface area contributed by atoms with E-state index in [1.807, 2.05) is 0 Å². The zero-order valence-electron chi connectivity index (χ0n) is 23.1. The van der Waals surface area contributed by atoms with E-state index in [1.54, 1.807) is 95.9 Å². The average Bonchev–Trinajstić information content (AvgIpc) is 2.99. The zero-order chi connectivity index (χ0) is 30.2. The Morgan fingerprint density at radius 1 is 0.548 bits per heavy atom. The molecule has 3 amide bonds. The van der Waals surface area contributed by atoms with Crippen LogP contribution in [-0.4, -0.2) is 64.1 Å². The molecule has 0 fully saturated rings. The number of phenolic OH excluding ortho intramolecular Hbond substituents is 3. The summed E-state index contributed by atoms with van der Waals surface area (Å²) in [7, 11) is 0. The lowest BCUT2D eigenvalue weighted by Gasteiger charge is -2.21. The molecule has 5 N–H and O–H groups in total. The largest absolute Gasteiger partial charge is 0.508 e. The summed E-state index contributed by atoms with van der Waals surface area (Å²) >= 11 is 0. The van der Waals surface area contributed by atoms with Crippen molar-refractivity contribution in [2.75, 3.05) is 26.2 Å². The van der Waals surface area contributed by atoms with Crippen LogP contribution in [-0.2, 0) is 14.4 Å². The number of hydrogen-bond acceptors (Lipinski definition) is 6. The van der Waals surface area contributed by atoms with Crippen molar-refractivity contribution in [1.82, 2.24) is 15.5 Å². The molecule has 0 radical (unpaired) electrons. The summed E-state index contributed by atoms with van der Waals surface area (Å²) in [6, 6.07) is 19.4. The SMILES string of the molecule is O=C(/C=C/c1ccc(O)cc1)NCCCN(CCCNC(=O)/C=C/c1ccc(O)cc1)C(=O)/C=C/c1ccc(O)cc1. The molecule has 0 aromatic heterocycles. The van der Waals surface area contributed by atoms with Gasteiger partial charge in [0.1, 0.15) is 17.2 Å². The predicted octanol–water partition coefficient (Wildman–Crippen LogP) is 4.08. The van der Waals surface area contributed by atoms with Gasteiger partial charge >= 0.3 is 0 Å². The molecule has 0 saturated carbocycles. The molecule has 3 aromatic rings. The molecule has 0 unspecified atom stereocenters. The standard InChI is InChI=1S/C33H35N3O6/c37-28-12-3-25(4-13-28)9-18-31(40)34-21-1-23-36(33(42)20-11-27-7-16-30(39)17-8-27)24-2-22-35-32(41)19-10-26-5-14-29(38)15-6-26/h3-20,37-39H,1-2,21-24H2,(H,34,40)(H,35,41)/b18-9+,19-10+,20-11+. The minimum atomic E-state index is -0.267. The highest BCUT2D eigenvalue weighted by atomic mass is 16.3. The van der Waals surface area contributed by atoms with Crippen LogP contribution >= 0.6 is 0 Å². The Labute approximate surface area is 245 Å². The Morgan fingerprint density at radius 3 is 1.24 bits per heavy atom. The number of nitrogens with one attached hydrogen (secondary N) is 2. The molecule has 0 aliphatic rings. The van der Waals surface area contributed by atoms with E-state index < -0.39 is 0 Å². The number of amides is 3. The highest BCUT2D eigenvalue weighted by molar-refractivity contribution is 5.93. The van der Waals surface area contributed by atoms with Gasteiger partial charge in [-0.25, -0.2) is 0 Å². The number of phenols is 3. The van der Waals surface area contributed by atoms with Crippen LogP contribution in [0, 0.1) is 0 Å². The number of aromatic hydroxyl groups is 3. The first-order valence-corrected chi connectivity index (χ1v) is 13.5. The number of carbonyl (C=O) groups is 3. The fourth-order valence-corrected chi connectivity index (χ4v) is 3.79. The second kappa shape index (κ2) is 16.7. The maximum Gasteiger partial charge on any atom is 0.246 e. The molecule has 0 aliphatic carbocycles. The molecule has 0 bridgehead atoms. The van der Waals surface area contributed by atoms with Gasteiger partial charge in [-0.05, 0) is 84.2 Å². The molecular formula is C33H35N3O6. The topological polar surface area (TPSA) is 139 Å². The number of nitrogens with zero attached hydrogens (tertiary/aromatic N) is 1. The zero-order valence-corrected chi connectivity index (χ0v) is 23.1. The van der Waals surface area contributed by atoms with E-state index >= 15 is 0 Å². The molecule has 42 heavy (non-hydrogen) atoms. The Kier molecular flexibility index (Phi) is 12.4. The highest BCUT2D eigenvalue weighted by Gasteiger charge is 2.11. The van der Waals surface area contributed by atoms with Crippen LogP contribution in [0.5, 0.6) is 17.2 Å². The normalized spacial score (nSPS) is 11.2. The molecular weight excluding hydrogens is 534 g/mol. The molecule has 0 atom stereocenters. The van der Waals surface area contributed by atoms with Gasteiger partial charge in [0.25, 0.3) is 0 Å². The molecule has 3 aromatic carbocycles. The van der Waals surface area contributed by atoms with Gasteiger partial charge in [0.15, 0.2) is 0 Å². The number of rotatable bonds is 14. The summed E-state index contributed by atoms with van der Waals surface area (Å²) < 4.78 is 0. The van der Waals surface area contributed by atoms with E-state index in [-0.39, 0.29) is 35.0 Å². The smallest absolute Gasteiger partial charge is 0.246 e. The Balaban J connectivity index is 1.48. The van der Waals surface area contributed by atoms with E-state index in [1.165, 1.54) is 18.2 Å². The van der Waals surface area contributed by atoms with Crippen LogP contribution in [0.15, 0.2) is 91.0 Å². The van der Waals surface area contributed by atoms with Gasteiger partial charge in [0.2, 0.25) is 17.7 Å². The second-order valence-corrected chi connectivity index (χ2v) is 9.39. The van der Waals surface area contributed by atoms with Crippen molar-refractivity contribution < 1.29 is 29.7 Å². The summed E-state index contributed by atoms with van der Waals surface area (Å²) in [5, 5.41) is 33.8. The summed E-state index contributed by atoms with van der Waals surface area (Å²) in [6.07, 6.45) is 10.3. The van der Waals surface area contributed by atoms with Crippen LogP contribution in [0.3, 0.4) is 0 Å². The number of carbonyl (C=O) groups excluding carboxylic acids is 3. The van der Waals surface area contributed by atoms with Crippen LogP contribution in [0.2, 0.25) is 0 Å². The van der Waals surface area contributed by atoms with Crippen molar-refractivity contribution in [3.63, 3.8) is 0 Å². The highest BCUT2D eigenvalue weighted by Crippen LogP contribution is 2.12. The first-order chi connectivity index (χ1) is 20.3. The monoisotopic (exact) mass is 569 g/mol. The number of benzene rings is 3. The van der Waals surface area contributed by atoms with Gasteiger partial charge in [0, 0.05) is 44.4 Å². The van der Waals surface area contributed by atoms with Gasteiger partial charge in [-0.1, -0.05) is 36.4 Å². The molecule has 218 valence electrons. The summed E-state index contributed by atoms with van der Waals surface area (Å²) in [5.74, 6) is -0.301.